The molecular weight excluding hydrogens is 164 g/mol. The number of hydrogen-bond donors (Lipinski definition) is 4. The van der Waals surface area contributed by atoms with Crippen molar-refractivity contribution in [3.63, 3.8) is 0 Å². The molecule has 0 saturated heterocycles. The van der Waals surface area contributed by atoms with Gasteiger partial charge in [0.1, 0.15) is 12.2 Å². The van der Waals surface area contributed by atoms with Crippen molar-refractivity contribution in [2.75, 3.05) is 6.61 Å². The van der Waals surface area contributed by atoms with Crippen LogP contribution in [0.3, 0.4) is 0 Å². The van der Waals surface area contributed by atoms with Crippen LogP contribution in [0.4, 0.5) is 0 Å². The Morgan fingerprint density at radius 1 is 1.17 bits per heavy atom. The third-order valence-electron chi connectivity index (χ3n) is 1.29. The van der Waals surface area contributed by atoms with E-state index in [1.54, 1.807) is 13.8 Å². The van der Waals surface area contributed by atoms with Gasteiger partial charge in [-0.2, -0.15) is 0 Å². The summed E-state index contributed by atoms with van der Waals surface area (Å²) >= 11 is 0. The highest BCUT2D eigenvalue weighted by atomic mass is 16.6. The Bertz CT molecular complexity index is 116. The van der Waals surface area contributed by atoms with Gasteiger partial charge >= 0.3 is 0 Å². The lowest BCUT2D eigenvalue weighted by Crippen LogP contribution is -2.41. The van der Waals surface area contributed by atoms with Crippen LogP contribution in [0.2, 0.25) is 0 Å². The predicted octanol–water partition coefficient (Wildman–Crippen LogP) is -1.56. The molecule has 2 unspecified atom stereocenters. The van der Waals surface area contributed by atoms with E-state index >= 15 is 0 Å². The molecule has 74 valence electrons. The molecule has 0 amide bonds. The van der Waals surface area contributed by atoms with E-state index in [4.69, 9.17) is 25.2 Å². The molecule has 0 rings (SSSR count). The molecule has 0 saturated carbocycles. The van der Waals surface area contributed by atoms with Crippen molar-refractivity contribution in [1.29, 1.82) is 0 Å². The van der Waals surface area contributed by atoms with Crippen LogP contribution in [-0.2, 0) is 4.74 Å². The lowest BCUT2D eigenvalue weighted by molar-refractivity contribution is -0.207. The number of aliphatic hydroxyl groups is 4. The molecule has 0 aliphatic heterocycles. The number of hydrogen-bond acceptors (Lipinski definition) is 5. The molecule has 0 aromatic carbocycles. The minimum Gasteiger partial charge on any atom is -0.394 e. The molecule has 5 nitrogen and oxygen atoms in total. The van der Waals surface area contributed by atoms with Crippen molar-refractivity contribution in [3.05, 3.63) is 0 Å². The molecule has 4 N–H and O–H groups in total. The van der Waals surface area contributed by atoms with Gasteiger partial charge in [0.25, 0.3) is 0 Å². The number of rotatable bonds is 5. The second kappa shape index (κ2) is 5.45. The molecule has 0 heterocycles. The molecular formula is C7H16O5. The Kier molecular flexibility index (Phi) is 5.36. The van der Waals surface area contributed by atoms with E-state index in [-0.39, 0.29) is 6.10 Å². The van der Waals surface area contributed by atoms with Crippen molar-refractivity contribution in [2.24, 2.45) is 0 Å². The summed E-state index contributed by atoms with van der Waals surface area (Å²) in [5, 5.41) is 35.4. The Hall–Kier alpha value is -0.200. The molecule has 0 aromatic heterocycles. The van der Waals surface area contributed by atoms with Gasteiger partial charge in [-0.1, -0.05) is 0 Å². The van der Waals surface area contributed by atoms with Gasteiger partial charge < -0.3 is 25.2 Å². The maximum Gasteiger partial charge on any atom is 0.183 e. The zero-order chi connectivity index (χ0) is 9.72. The maximum atomic E-state index is 9.05. The first kappa shape index (κ1) is 11.8. The summed E-state index contributed by atoms with van der Waals surface area (Å²) < 4.78 is 4.77. The van der Waals surface area contributed by atoms with Gasteiger partial charge in [-0.05, 0) is 13.8 Å². The van der Waals surface area contributed by atoms with Crippen LogP contribution in [0.15, 0.2) is 0 Å². The molecule has 12 heavy (non-hydrogen) atoms. The summed E-state index contributed by atoms with van der Waals surface area (Å²) in [5.74, 6) is 0. The Morgan fingerprint density at radius 3 is 2.00 bits per heavy atom. The zero-order valence-corrected chi connectivity index (χ0v) is 7.21. The van der Waals surface area contributed by atoms with Gasteiger partial charge in [0.05, 0.1) is 12.7 Å². The van der Waals surface area contributed by atoms with E-state index in [1.165, 1.54) is 0 Å². The first-order valence-electron chi connectivity index (χ1n) is 3.79. The normalized spacial score (nSPS) is 19.2. The van der Waals surface area contributed by atoms with E-state index in [2.05, 4.69) is 0 Å². The highest BCUT2D eigenvalue weighted by molar-refractivity contribution is 4.68. The van der Waals surface area contributed by atoms with Crippen LogP contribution in [0.1, 0.15) is 13.8 Å². The highest BCUT2D eigenvalue weighted by Gasteiger charge is 2.25. The van der Waals surface area contributed by atoms with Crippen molar-refractivity contribution >= 4 is 0 Å². The third kappa shape index (κ3) is 3.99. The lowest BCUT2D eigenvalue weighted by atomic mass is 10.2. The molecule has 0 radical (unpaired) electrons. The van der Waals surface area contributed by atoms with E-state index < -0.39 is 25.1 Å². The van der Waals surface area contributed by atoms with Crippen molar-refractivity contribution in [1.82, 2.24) is 0 Å². The van der Waals surface area contributed by atoms with Crippen LogP contribution in [0, 0.1) is 0 Å². The Balaban J connectivity index is 3.83. The van der Waals surface area contributed by atoms with E-state index in [0.717, 1.165) is 0 Å². The average Bonchev–Trinajstić information content (AvgIpc) is 2.00. The summed E-state index contributed by atoms with van der Waals surface area (Å²) in [4.78, 5) is 0. The first-order chi connectivity index (χ1) is 5.49. The monoisotopic (exact) mass is 180 g/mol. The summed E-state index contributed by atoms with van der Waals surface area (Å²) in [6.45, 7) is 2.75. The summed E-state index contributed by atoms with van der Waals surface area (Å²) in [6.07, 6.45) is -4.57. The fraction of sp³-hybridized carbons (Fsp3) is 1.00. The van der Waals surface area contributed by atoms with Crippen LogP contribution >= 0.6 is 0 Å². The molecule has 0 aliphatic carbocycles. The maximum absolute atomic E-state index is 9.05. The summed E-state index contributed by atoms with van der Waals surface area (Å²) in [6, 6.07) is 0. The fourth-order valence-corrected chi connectivity index (χ4v) is 0.657. The van der Waals surface area contributed by atoms with Crippen LogP contribution in [0.5, 0.6) is 0 Å². The fourth-order valence-electron chi connectivity index (χ4n) is 0.657. The highest BCUT2D eigenvalue weighted by Crippen LogP contribution is 2.04. The molecule has 0 bridgehead atoms. The molecule has 0 aliphatic rings. The summed E-state index contributed by atoms with van der Waals surface area (Å²) in [5.41, 5.74) is 0. The SMILES string of the molecule is CC(C)O[C@@H](O)C(O)C(O)CO. The Labute approximate surface area is 71.2 Å². The molecule has 5 heteroatoms. The quantitative estimate of drug-likeness (QED) is 0.384. The van der Waals surface area contributed by atoms with Gasteiger partial charge in [0, 0.05) is 0 Å². The predicted molar refractivity (Wildman–Crippen MR) is 41.3 cm³/mol. The van der Waals surface area contributed by atoms with Crippen molar-refractivity contribution < 1.29 is 25.2 Å². The second-order valence-corrected chi connectivity index (χ2v) is 2.82. The molecule has 0 aromatic rings. The van der Waals surface area contributed by atoms with Gasteiger partial charge in [0.15, 0.2) is 6.29 Å². The summed E-state index contributed by atoms with van der Waals surface area (Å²) in [7, 11) is 0. The van der Waals surface area contributed by atoms with Crippen molar-refractivity contribution in [2.45, 2.75) is 38.4 Å². The van der Waals surface area contributed by atoms with E-state index in [0.29, 0.717) is 0 Å². The average molecular weight is 180 g/mol. The first-order valence-corrected chi connectivity index (χ1v) is 3.79. The molecule has 0 spiro atoms. The molecule has 0 fully saturated rings. The second-order valence-electron chi connectivity index (χ2n) is 2.82. The van der Waals surface area contributed by atoms with Crippen LogP contribution in [-0.4, -0.2) is 51.6 Å². The minimum atomic E-state index is -1.47. The zero-order valence-electron chi connectivity index (χ0n) is 7.21. The van der Waals surface area contributed by atoms with E-state index in [1.807, 2.05) is 0 Å². The van der Waals surface area contributed by atoms with Crippen LogP contribution in [0.25, 0.3) is 0 Å². The lowest BCUT2D eigenvalue weighted by Gasteiger charge is -2.23. The van der Waals surface area contributed by atoms with Gasteiger partial charge in [-0.15, -0.1) is 0 Å². The van der Waals surface area contributed by atoms with Gasteiger partial charge in [-0.25, -0.2) is 0 Å². The number of ether oxygens (including phenoxy) is 1. The minimum absolute atomic E-state index is 0.249. The number of aliphatic hydroxyl groups excluding tert-OH is 4. The van der Waals surface area contributed by atoms with E-state index in [9.17, 15) is 0 Å². The van der Waals surface area contributed by atoms with Crippen molar-refractivity contribution in [3.8, 4) is 0 Å². The van der Waals surface area contributed by atoms with Crippen LogP contribution < -0.4 is 0 Å². The van der Waals surface area contributed by atoms with Gasteiger partial charge in [0.2, 0.25) is 0 Å². The standard InChI is InChI=1S/C7H16O5/c1-4(2)12-7(11)6(10)5(9)3-8/h4-11H,3H2,1-2H3/t5?,6?,7-/m1/s1. The third-order valence-corrected chi connectivity index (χ3v) is 1.29. The Morgan fingerprint density at radius 2 is 1.67 bits per heavy atom. The van der Waals surface area contributed by atoms with Gasteiger partial charge in [-0.3, -0.25) is 0 Å². The molecule has 3 atom stereocenters. The topological polar surface area (TPSA) is 90.2 Å². The smallest absolute Gasteiger partial charge is 0.183 e. The largest absolute Gasteiger partial charge is 0.394 e.